The first-order valence-electron chi connectivity index (χ1n) is 39.3. The number of benzene rings is 4. The SMILES string of the molecule is CCCCCC1c2cc3c4c(C[n+]5ccn(CCCC)c5)c2OCOc2c1cc1c(c2C[n+]2ccn(CCCC)c2)OCOc2c(cc5c(c2C[n+]2ccn(CCCC)c2)OCOc2c(cc(c(c2C[n+]2ccn(CCCC)c2)OCO4)C3CCCCC)C5CCCCC)C1CCCCC. The highest BCUT2D eigenvalue weighted by Crippen LogP contribution is 2.59. The minimum atomic E-state index is -0.148. The fourth-order valence-corrected chi connectivity index (χ4v) is 16.7. The molecule has 1 aliphatic carbocycles. The standard InChI is InChI=1S/C84H116N8O8/c1-9-17-25-29-61-65-45-67-62(30-26-18-10-2)69-47-71-64(32-28-20-12-4)72-48-70-63(31-27-19-11-3)68-46-66(61)78-74(50-90-42-38-86(54-90)34-22-14-6)80(68)96-59-98-82(70)76(52-92-44-40-88(56-92)36-24-16-8)84(72)100-60-99-83(71)75(51-91-43-39-87(55-91)35-23-15-7)81(69)97-58-95-79(67)73(77(65)93-57-94-78)49-89-41-37-85(53-89)33-21-13-5/h37-48,53-56,61-64H,9-36,49-52,57-60H2,1-8H3/q+4. The van der Waals surface area contributed by atoms with Gasteiger partial charge in [-0.2, -0.15) is 0 Å². The van der Waals surface area contributed by atoms with Crippen molar-refractivity contribution in [3.05, 3.63) is 166 Å². The van der Waals surface area contributed by atoms with E-state index >= 15 is 0 Å². The molecule has 536 valence electrons. The van der Waals surface area contributed by atoms with Crippen LogP contribution >= 0.6 is 0 Å². The van der Waals surface area contributed by atoms with Gasteiger partial charge in [0.2, 0.25) is 52.5 Å². The largest absolute Gasteiger partial charge is 0.457 e. The van der Waals surface area contributed by atoms with Crippen molar-refractivity contribution in [2.45, 2.75) is 286 Å². The highest BCUT2D eigenvalue weighted by molar-refractivity contribution is 5.69. The van der Waals surface area contributed by atoms with Crippen molar-refractivity contribution < 1.29 is 56.2 Å². The van der Waals surface area contributed by atoms with Crippen LogP contribution in [0.15, 0.2) is 99.1 Å². The molecule has 0 radical (unpaired) electrons. The van der Waals surface area contributed by atoms with Gasteiger partial charge in [0.15, 0.2) is 0 Å². The number of nitrogens with zero attached hydrogens (tertiary/aromatic N) is 8. The van der Waals surface area contributed by atoms with Gasteiger partial charge in [0.1, 0.15) is 122 Å². The number of unbranched alkanes of at least 4 members (excludes halogenated alkanes) is 12. The highest BCUT2D eigenvalue weighted by atomic mass is 16.7. The first-order chi connectivity index (χ1) is 49.3. The lowest BCUT2D eigenvalue weighted by Crippen LogP contribution is -2.35. The average molecular weight is 1370 g/mol. The van der Waals surface area contributed by atoms with Gasteiger partial charge in [-0.3, -0.25) is 0 Å². The third-order valence-corrected chi connectivity index (χ3v) is 22.0. The molecule has 0 unspecified atom stereocenters. The van der Waals surface area contributed by atoms with Gasteiger partial charge in [-0.25, -0.2) is 36.5 Å². The molecule has 100 heavy (non-hydrogen) atoms. The summed E-state index contributed by atoms with van der Waals surface area (Å²) in [4.78, 5) is 0. The van der Waals surface area contributed by atoms with Crippen LogP contribution in [-0.2, 0) is 52.4 Å². The van der Waals surface area contributed by atoms with Crippen LogP contribution in [-0.4, -0.2) is 45.4 Å². The number of hydrogen-bond acceptors (Lipinski definition) is 8. The van der Waals surface area contributed by atoms with Crippen LogP contribution in [0.25, 0.3) is 0 Å². The molecule has 4 aromatic carbocycles. The van der Waals surface area contributed by atoms with Crippen LogP contribution in [0.1, 0.15) is 300 Å². The Balaban J connectivity index is 1.18. The summed E-state index contributed by atoms with van der Waals surface area (Å²) in [7, 11) is 0. The number of ether oxygens (including phenoxy) is 8. The molecule has 0 saturated heterocycles. The van der Waals surface area contributed by atoms with Crippen molar-refractivity contribution in [3.63, 3.8) is 0 Å². The number of aryl methyl sites for hydroxylation is 4. The summed E-state index contributed by atoms with van der Waals surface area (Å²) < 4.78 is 78.4. The Kier molecular flexibility index (Phi) is 23.8. The van der Waals surface area contributed by atoms with Crippen LogP contribution in [0.3, 0.4) is 0 Å². The van der Waals surface area contributed by atoms with Gasteiger partial charge < -0.3 is 37.9 Å². The molecular formula is C84H116N8O8+4. The van der Waals surface area contributed by atoms with Gasteiger partial charge in [0.25, 0.3) is 0 Å². The van der Waals surface area contributed by atoms with Crippen molar-refractivity contribution in [1.29, 1.82) is 0 Å². The number of rotatable bonds is 36. The van der Waals surface area contributed by atoms with E-state index in [0.29, 0.717) is 26.2 Å². The lowest BCUT2D eigenvalue weighted by Gasteiger charge is -2.37. The fraction of sp³-hybridized carbons (Fsp3) is 0.571. The quantitative estimate of drug-likeness (QED) is 0.0282. The molecule has 4 aromatic heterocycles. The Bertz CT molecular complexity index is 3390. The van der Waals surface area contributed by atoms with Crippen molar-refractivity contribution in [2.24, 2.45) is 0 Å². The molecule has 4 aliphatic heterocycles. The number of aromatic nitrogens is 8. The number of imidazole rings is 4. The van der Waals surface area contributed by atoms with Crippen LogP contribution in [0.2, 0.25) is 0 Å². The van der Waals surface area contributed by atoms with Crippen molar-refractivity contribution in [1.82, 2.24) is 18.3 Å². The third-order valence-electron chi connectivity index (χ3n) is 22.0. The van der Waals surface area contributed by atoms with Gasteiger partial charge in [0.05, 0.1) is 48.4 Å². The van der Waals surface area contributed by atoms with Gasteiger partial charge in [-0.05, 0) is 75.6 Å². The fourth-order valence-electron chi connectivity index (χ4n) is 16.7. The zero-order valence-corrected chi connectivity index (χ0v) is 61.8. The molecule has 16 nitrogen and oxygen atoms in total. The van der Waals surface area contributed by atoms with E-state index in [0.717, 1.165) is 249 Å². The van der Waals surface area contributed by atoms with E-state index in [-0.39, 0.29) is 50.8 Å². The monoisotopic (exact) mass is 1360 g/mol. The molecule has 8 bridgehead atoms. The molecule has 0 fully saturated rings. The lowest BCUT2D eigenvalue weighted by atomic mass is 9.74. The summed E-state index contributed by atoms with van der Waals surface area (Å²) >= 11 is 0. The topological polar surface area (TPSA) is 109 Å². The zero-order valence-electron chi connectivity index (χ0n) is 61.8. The predicted molar refractivity (Wildman–Crippen MR) is 389 cm³/mol. The first-order valence-corrected chi connectivity index (χ1v) is 39.3. The maximum Gasteiger partial charge on any atom is 0.244 e. The van der Waals surface area contributed by atoms with Crippen LogP contribution in [0.4, 0.5) is 0 Å². The average Bonchev–Trinajstić information content (AvgIpc) is 0.797. The van der Waals surface area contributed by atoms with E-state index in [1.165, 1.54) is 44.5 Å². The van der Waals surface area contributed by atoms with Crippen molar-refractivity contribution in [2.75, 3.05) is 27.2 Å². The van der Waals surface area contributed by atoms with Gasteiger partial charge in [0, 0.05) is 68.2 Å². The predicted octanol–water partition coefficient (Wildman–Crippen LogP) is 17.5. The van der Waals surface area contributed by atoms with E-state index in [2.05, 4.69) is 191 Å². The van der Waals surface area contributed by atoms with Crippen LogP contribution in [0, 0.1) is 0 Å². The Morgan fingerprint density at radius 3 is 0.640 bits per heavy atom. The van der Waals surface area contributed by atoms with Crippen molar-refractivity contribution >= 4 is 0 Å². The van der Waals surface area contributed by atoms with Crippen LogP contribution < -0.4 is 56.2 Å². The Morgan fingerprint density at radius 2 is 0.460 bits per heavy atom. The first kappa shape index (κ1) is 70.6. The molecule has 16 heteroatoms. The van der Waals surface area contributed by atoms with E-state index in [4.69, 9.17) is 37.9 Å². The summed E-state index contributed by atoms with van der Waals surface area (Å²) in [5.41, 5.74) is 13.6. The third kappa shape index (κ3) is 15.3. The van der Waals surface area contributed by atoms with Gasteiger partial charge in [-0.15, -0.1) is 0 Å². The second-order valence-electron chi connectivity index (χ2n) is 29.3. The number of hydrogen-bond donors (Lipinski definition) is 0. The summed E-state index contributed by atoms with van der Waals surface area (Å²) in [6.07, 6.45) is 52.1. The van der Waals surface area contributed by atoms with Crippen LogP contribution in [0.5, 0.6) is 46.0 Å². The molecule has 0 spiro atoms. The molecule has 8 heterocycles. The molecule has 5 aliphatic rings. The molecule has 13 rings (SSSR count). The second kappa shape index (κ2) is 33.7. The van der Waals surface area contributed by atoms with E-state index < -0.39 is 0 Å². The lowest BCUT2D eigenvalue weighted by molar-refractivity contribution is -0.688. The zero-order chi connectivity index (χ0) is 68.9. The Morgan fingerprint density at radius 1 is 0.270 bits per heavy atom. The smallest absolute Gasteiger partial charge is 0.244 e. The Hall–Kier alpha value is -7.88. The Labute approximate surface area is 596 Å². The summed E-state index contributed by atoms with van der Waals surface area (Å²) in [5.74, 6) is 6.14. The van der Waals surface area contributed by atoms with E-state index in [9.17, 15) is 0 Å². The van der Waals surface area contributed by atoms with E-state index in [1.807, 2.05) is 0 Å². The molecule has 8 aromatic rings. The van der Waals surface area contributed by atoms with Gasteiger partial charge in [-0.1, -0.05) is 158 Å². The molecule has 0 amide bonds. The van der Waals surface area contributed by atoms with Crippen molar-refractivity contribution in [3.8, 4) is 46.0 Å². The van der Waals surface area contributed by atoms with Gasteiger partial charge >= 0.3 is 0 Å². The molecule has 0 saturated carbocycles. The normalized spacial score (nSPS) is 17.0. The summed E-state index contributed by atoms with van der Waals surface area (Å²) in [6, 6.07) is 10.3. The maximum absolute atomic E-state index is 7.47. The molecule has 0 atom stereocenters. The molecule has 0 N–H and O–H groups in total. The summed E-state index contributed by atoms with van der Waals surface area (Å²) in [6.45, 7) is 24.2. The van der Waals surface area contributed by atoms with E-state index in [1.54, 1.807) is 0 Å². The maximum atomic E-state index is 7.47. The minimum Gasteiger partial charge on any atom is -0.457 e. The minimum absolute atomic E-state index is 0.0117. The molecular weight excluding hydrogens is 1250 g/mol. The second-order valence-corrected chi connectivity index (χ2v) is 29.3. The summed E-state index contributed by atoms with van der Waals surface area (Å²) in [5, 5.41) is 0. The highest BCUT2D eigenvalue weighted by Gasteiger charge is 2.43.